The van der Waals surface area contributed by atoms with Gasteiger partial charge in [-0.3, -0.25) is 14.4 Å². The fourth-order valence-corrected chi connectivity index (χ4v) is 4.17. The third kappa shape index (κ3) is 4.27. The lowest BCUT2D eigenvalue weighted by Crippen LogP contribution is -2.48. The first kappa shape index (κ1) is 19.7. The van der Waals surface area contributed by atoms with Gasteiger partial charge in [-0.1, -0.05) is 0 Å². The molecule has 0 spiro atoms. The molecule has 27 heavy (non-hydrogen) atoms. The number of carbonyl (C=O) groups excluding carboxylic acids is 3. The lowest BCUT2D eigenvalue weighted by molar-refractivity contribution is -0.134. The Kier molecular flexibility index (Phi) is 6.38. The lowest BCUT2D eigenvalue weighted by Gasteiger charge is -2.33. The number of morpholine rings is 1. The number of thioether (sulfide) groups is 1. The number of benzene rings is 1. The highest BCUT2D eigenvalue weighted by atomic mass is 32.2. The molecule has 1 fully saturated rings. The van der Waals surface area contributed by atoms with Crippen molar-refractivity contribution in [2.75, 3.05) is 56.6 Å². The van der Waals surface area contributed by atoms with Crippen molar-refractivity contribution in [1.82, 2.24) is 9.80 Å². The molecule has 0 aliphatic carbocycles. The van der Waals surface area contributed by atoms with Gasteiger partial charge in [-0.05, 0) is 32.0 Å². The maximum absolute atomic E-state index is 12.7. The van der Waals surface area contributed by atoms with Crippen LogP contribution in [0.15, 0.2) is 23.1 Å². The van der Waals surface area contributed by atoms with Gasteiger partial charge < -0.3 is 19.4 Å². The van der Waals surface area contributed by atoms with E-state index in [2.05, 4.69) is 0 Å². The van der Waals surface area contributed by atoms with Crippen LogP contribution in [0.2, 0.25) is 0 Å². The fraction of sp³-hybridized carbons (Fsp3) is 0.526. The molecule has 8 heteroatoms. The number of ether oxygens (including phenoxy) is 1. The number of carbonyl (C=O) groups is 3. The van der Waals surface area contributed by atoms with Gasteiger partial charge in [0.25, 0.3) is 5.91 Å². The summed E-state index contributed by atoms with van der Waals surface area (Å²) in [6.45, 7) is 7.25. The van der Waals surface area contributed by atoms with Gasteiger partial charge in [-0.15, -0.1) is 11.8 Å². The van der Waals surface area contributed by atoms with E-state index >= 15 is 0 Å². The van der Waals surface area contributed by atoms with E-state index in [9.17, 15) is 14.4 Å². The Morgan fingerprint density at radius 1 is 1.19 bits per heavy atom. The van der Waals surface area contributed by atoms with Crippen molar-refractivity contribution in [2.24, 2.45) is 0 Å². The molecule has 0 radical (unpaired) electrons. The first-order chi connectivity index (χ1) is 13.0. The summed E-state index contributed by atoms with van der Waals surface area (Å²) >= 11 is 1.44. The smallest absolute Gasteiger partial charge is 0.253 e. The van der Waals surface area contributed by atoms with E-state index in [1.807, 2.05) is 19.9 Å². The zero-order valence-electron chi connectivity index (χ0n) is 15.8. The molecular weight excluding hydrogens is 366 g/mol. The molecule has 146 valence electrons. The number of rotatable bonds is 5. The number of anilines is 1. The number of fused-ring (bicyclic) bond motifs is 1. The summed E-state index contributed by atoms with van der Waals surface area (Å²) in [6, 6.07) is 5.41. The first-order valence-corrected chi connectivity index (χ1v) is 10.3. The minimum atomic E-state index is -0.110. The molecule has 1 aromatic rings. The van der Waals surface area contributed by atoms with Gasteiger partial charge in [-0.2, -0.15) is 0 Å². The quantitative estimate of drug-likeness (QED) is 0.760. The van der Waals surface area contributed by atoms with Crippen molar-refractivity contribution < 1.29 is 19.1 Å². The molecule has 1 saturated heterocycles. The molecule has 0 saturated carbocycles. The van der Waals surface area contributed by atoms with Crippen LogP contribution in [-0.2, 0) is 14.3 Å². The summed E-state index contributed by atoms with van der Waals surface area (Å²) in [7, 11) is 0. The number of nitrogens with zero attached hydrogens (tertiary/aromatic N) is 3. The summed E-state index contributed by atoms with van der Waals surface area (Å²) < 4.78 is 5.28. The van der Waals surface area contributed by atoms with Crippen LogP contribution in [0, 0.1) is 0 Å². The highest BCUT2D eigenvalue weighted by Gasteiger charge is 2.29. The van der Waals surface area contributed by atoms with Crippen LogP contribution >= 0.6 is 11.8 Å². The van der Waals surface area contributed by atoms with Crippen LogP contribution in [-0.4, -0.2) is 79.2 Å². The van der Waals surface area contributed by atoms with Gasteiger partial charge in [0, 0.05) is 36.6 Å². The molecule has 0 atom stereocenters. The van der Waals surface area contributed by atoms with Gasteiger partial charge in [0.2, 0.25) is 11.8 Å². The minimum absolute atomic E-state index is 0.00466. The van der Waals surface area contributed by atoms with Crippen molar-refractivity contribution in [2.45, 2.75) is 18.7 Å². The Bertz CT molecular complexity index is 730. The Hall–Kier alpha value is -2.06. The lowest BCUT2D eigenvalue weighted by atomic mass is 10.1. The zero-order chi connectivity index (χ0) is 19.4. The average Bonchev–Trinajstić information content (AvgIpc) is 2.71. The van der Waals surface area contributed by atoms with Crippen LogP contribution in [0.5, 0.6) is 0 Å². The van der Waals surface area contributed by atoms with E-state index < -0.39 is 0 Å². The summed E-state index contributed by atoms with van der Waals surface area (Å²) in [6.07, 6.45) is 0. The van der Waals surface area contributed by atoms with Crippen molar-refractivity contribution in [1.29, 1.82) is 0 Å². The predicted molar refractivity (Wildman–Crippen MR) is 104 cm³/mol. The second-order valence-electron chi connectivity index (χ2n) is 6.42. The van der Waals surface area contributed by atoms with Crippen LogP contribution in [0.4, 0.5) is 5.69 Å². The molecule has 0 N–H and O–H groups in total. The van der Waals surface area contributed by atoms with E-state index in [1.54, 1.807) is 21.9 Å². The van der Waals surface area contributed by atoms with Crippen molar-refractivity contribution in [3.8, 4) is 0 Å². The molecule has 0 unspecified atom stereocenters. The molecule has 7 nitrogen and oxygen atoms in total. The van der Waals surface area contributed by atoms with Crippen LogP contribution < -0.4 is 4.90 Å². The number of hydrogen-bond donors (Lipinski definition) is 0. The monoisotopic (exact) mass is 391 g/mol. The van der Waals surface area contributed by atoms with Crippen molar-refractivity contribution in [3.05, 3.63) is 23.8 Å². The largest absolute Gasteiger partial charge is 0.378 e. The second kappa shape index (κ2) is 8.75. The zero-order valence-corrected chi connectivity index (χ0v) is 16.6. The summed E-state index contributed by atoms with van der Waals surface area (Å²) in [5, 5.41) is 0. The minimum Gasteiger partial charge on any atom is -0.378 e. The maximum Gasteiger partial charge on any atom is 0.253 e. The molecule has 0 bridgehead atoms. The number of amides is 3. The Labute approximate surface area is 163 Å². The predicted octanol–water partition coefficient (Wildman–Crippen LogP) is 1.47. The van der Waals surface area contributed by atoms with Crippen molar-refractivity contribution >= 4 is 35.2 Å². The van der Waals surface area contributed by atoms with Crippen molar-refractivity contribution in [3.63, 3.8) is 0 Å². The average molecular weight is 391 g/mol. The van der Waals surface area contributed by atoms with Crippen LogP contribution in [0.3, 0.4) is 0 Å². The van der Waals surface area contributed by atoms with E-state index in [1.165, 1.54) is 16.7 Å². The Morgan fingerprint density at radius 3 is 2.56 bits per heavy atom. The Balaban J connectivity index is 1.84. The topological polar surface area (TPSA) is 70.2 Å². The third-order valence-corrected chi connectivity index (χ3v) is 5.90. The summed E-state index contributed by atoms with van der Waals surface area (Å²) in [4.78, 5) is 43.7. The molecular formula is C19H25N3O4S. The molecule has 2 aliphatic rings. The maximum atomic E-state index is 12.7. The Morgan fingerprint density at radius 2 is 1.89 bits per heavy atom. The molecule has 3 amide bonds. The molecule has 2 aliphatic heterocycles. The highest BCUT2D eigenvalue weighted by Crippen LogP contribution is 2.36. The molecule has 0 aromatic heterocycles. The summed E-state index contributed by atoms with van der Waals surface area (Å²) in [5.74, 6) is 0.0315. The molecule has 1 aromatic carbocycles. The van der Waals surface area contributed by atoms with E-state index in [-0.39, 0.29) is 24.3 Å². The first-order valence-electron chi connectivity index (χ1n) is 9.27. The van der Waals surface area contributed by atoms with Gasteiger partial charge >= 0.3 is 0 Å². The molecule has 2 heterocycles. The van der Waals surface area contributed by atoms with E-state index in [4.69, 9.17) is 4.74 Å². The fourth-order valence-electron chi connectivity index (χ4n) is 3.25. The van der Waals surface area contributed by atoms with Gasteiger partial charge in [0.1, 0.15) is 6.54 Å². The van der Waals surface area contributed by atoms with Gasteiger partial charge in [0.05, 0.1) is 24.7 Å². The third-order valence-electron chi connectivity index (χ3n) is 4.86. The summed E-state index contributed by atoms with van der Waals surface area (Å²) in [5.41, 5.74) is 1.19. The highest BCUT2D eigenvalue weighted by molar-refractivity contribution is 8.00. The van der Waals surface area contributed by atoms with Crippen LogP contribution in [0.1, 0.15) is 24.2 Å². The normalized spacial score (nSPS) is 16.9. The number of hydrogen-bond acceptors (Lipinski definition) is 5. The van der Waals surface area contributed by atoms with E-state index in [0.29, 0.717) is 56.4 Å². The van der Waals surface area contributed by atoms with Gasteiger partial charge in [-0.25, -0.2) is 0 Å². The standard InChI is InChI=1S/C19H25N3O4S/c1-3-20(4-2)19(25)14-5-6-16-15(11-14)22(18(24)13-27-16)12-17(23)21-7-9-26-10-8-21/h5-6,11H,3-4,7-10,12-13H2,1-2H3. The molecule has 3 rings (SSSR count). The van der Waals surface area contributed by atoms with E-state index in [0.717, 1.165) is 4.90 Å². The SMILES string of the molecule is CCN(CC)C(=O)c1ccc2c(c1)N(CC(=O)N1CCOCC1)C(=O)CS2. The van der Waals surface area contributed by atoms with Gasteiger partial charge in [0.15, 0.2) is 0 Å². The van der Waals surface area contributed by atoms with Crippen LogP contribution in [0.25, 0.3) is 0 Å². The second-order valence-corrected chi connectivity index (χ2v) is 7.44.